The van der Waals surface area contributed by atoms with Gasteiger partial charge in [0, 0.05) is 0 Å². The first-order chi connectivity index (χ1) is 4.93. The fraction of sp³-hybridized carbons (Fsp3) is 0.200. The first-order valence-corrected chi connectivity index (χ1v) is 3.61. The summed E-state index contributed by atoms with van der Waals surface area (Å²) in [5.74, 6) is 0. The van der Waals surface area contributed by atoms with Crippen molar-refractivity contribution in [3.8, 4) is 0 Å². The highest BCUT2D eigenvalue weighted by Gasteiger charge is 1.75. The van der Waals surface area contributed by atoms with Gasteiger partial charge < -0.3 is 0 Å². The van der Waals surface area contributed by atoms with Gasteiger partial charge >= 0.3 is 0 Å². The van der Waals surface area contributed by atoms with Crippen LogP contribution in [-0.4, -0.2) is 0 Å². The lowest BCUT2D eigenvalue weighted by Crippen LogP contribution is -1.63. The summed E-state index contributed by atoms with van der Waals surface area (Å²) in [6.45, 7) is 7.63. The zero-order valence-electron chi connectivity index (χ0n) is 6.67. The van der Waals surface area contributed by atoms with Crippen molar-refractivity contribution in [3.63, 3.8) is 0 Å². The molecule has 1 aromatic carbocycles. The summed E-state index contributed by atoms with van der Waals surface area (Å²) >= 11 is 0. The van der Waals surface area contributed by atoms with E-state index in [4.69, 9.17) is 0 Å². The van der Waals surface area contributed by atoms with Crippen LogP contribution in [0.2, 0.25) is 0 Å². The molecule has 0 heterocycles. The molecule has 0 radical (unpaired) electrons. The third kappa shape index (κ3) is 3.08. The van der Waals surface area contributed by atoms with Crippen LogP contribution < -0.4 is 0 Å². The normalized spacial score (nSPS) is 7.40. The Morgan fingerprint density at radius 3 is 1.90 bits per heavy atom. The molecule has 0 heteroatoms. The highest BCUT2D eigenvalue weighted by Crippen LogP contribution is 1.97. The highest BCUT2D eigenvalue weighted by atomic mass is 13.8. The van der Waals surface area contributed by atoms with Gasteiger partial charge in [-0.05, 0) is 5.56 Å². The van der Waals surface area contributed by atoms with E-state index in [0.29, 0.717) is 0 Å². The molecule has 0 N–H and O–H groups in total. The van der Waals surface area contributed by atoms with Crippen LogP contribution in [0.15, 0.2) is 36.9 Å². The molecule has 0 aromatic heterocycles. The van der Waals surface area contributed by atoms with E-state index in [9.17, 15) is 0 Å². The summed E-state index contributed by atoms with van der Waals surface area (Å²) in [5, 5.41) is 0. The molecule has 0 bridgehead atoms. The SMILES string of the molecule is C=Cc1ccccc1.CC. The molecule has 0 aliphatic carbocycles. The van der Waals surface area contributed by atoms with Gasteiger partial charge in [0.05, 0.1) is 0 Å². The smallest absolute Gasteiger partial charge is 0.0263 e. The van der Waals surface area contributed by atoms with E-state index in [1.54, 1.807) is 0 Å². The van der Waals surface area contributed by atoms with Crippen LogP contribution in [-0.2, 0) is 0 Å². The zero-order chi connectivity index (χ0) is 7.82. The Labute approximate surface area is 63.2 Å². The second-order valence-electron chi connectivity index (χ2n) is 1.61. The Bertz CT molecular complexity index is 163. The fourth-order valence-corrected chi connectivity index (χ4v) is 0.589. The maximum atomic E-state index is 3.63. The third-order valence-electron chi connectivity index (χ3n) is 1.04. The Morgan fingerprint density at radius 1 is 1.10 bits per heavy atom. The molecule has 0 saturated heterocycles. The minimum Gasteiger partial charge on any atom is -0.0985 e. The summed E-state index contributed by atoms with van der Waals surface area (Å²) in [7, 11) is 0. The Morgan fingerprint density at radius 2 is 1.60 bits per heavy atom. The Balaban J connectivity index is 0.000000371. The lowest BCUT2D eigenvalue weighted by molar-refractivity contribution is 1.50. The lowest BCUT2D eigenvalue weighted by Gasteiger charge is -1.85. The lowest BCUT2D eigenvalue weighted by atomic mass is 10.2. The van der Waals surface area contributed by atoms with Crippen LogP contribution in [0.3, 0.4) is 0 Å². The van der Waals surface area contributed by atoms with E-state index in [-0.39, 0.29) is 0 Å². The maximum absolute atomic E-state index is 3.63. The number of benzene rings is 1. The molecule has 54 valence electrons. The molecule has 1 aromatic rings. The molecule has 0 amide bonds. The second-order valence-corrected chi connectivity index (χ2v) is 1.61. The molecule has 0 saturated carbocycles. The summed E-state index contributed by atoms with van der Waals surface area (Å²) in [6.07, 6.45) is 1.83. The summed E-state index contributed by atoms with van der Waals surface area (Å²) in [5.41, 5.74) is 1.17. The topological polar surface area (TPSA) is 0 Å². The van der Waals surface area contributed by atoms with Crippen molar-refractivity contribution in [2.24, 2.45) is 0 Å². The average molecular weight is 134 g/mol. The third-order valence-corrected chi connectivity index (χ3v) is 1.04. The molecular formula is C10H14. The van der Waals surface area contributed by atoms with Gasteiger partial charge in [-0.3, -0.25) is 0 Å². The predicted molar refractivity (Wildman–Crippen MR) is 47.9 cm³/mol. The molecule has 0 unspecified atom stereocenters. The van der Waals surface area contributed by atoms with Crippen LogP contribution in [0, 0.1) is 0 Å². The maximum Gasteiger partial charge on any atom is -0.0263 e. The van der Waals surface area contributed by atoms with Crippen molar-refractivity contribution in [2.45, 2.75) is 13.8 Å². The molecule has 0 nitrogen and oxygen atoms in total. The largest absolute Gasteiger partial charge is 0.0985 e. The van der Waals surface area contributed by atoms with E-state index in [2.05, 4.69) is 6.58 Å². The predicted octanol–water partition coefficient (Wildman–Crippen LogP) is 3.36. The van der Waals surface area contributed by atoms with Crippen molar-refractivity contribution >= 4 is 6.08 Å². The first kappa shape index (κ1) is 8.96. The highest BCUT2D eigenvalue weighted by molar-refractivity contribution is 5.45. The quantitative estimate of drug-likeness (QED) is 0.552. The zero-order valence-corrected chi connectivity index (χ0v) is 6.67. The second kappa shape index (κ2) is 6.09. The van der Waals surface area contributed by atoms with Crippen LogP contribution >= 0.6 is 0 Å². The molecule has 10 heavy (non-hydrogen) atoms. The molecule has 0 aliphatic heterocycles. The van der Waals surface area contributed by atoms with Gasteiger partial charge in [-0.15, -0.1) is 0 Å². The van der Waals surface area contributed by atoms with Gasteiger partial charge in [-0.2, -0.15) is 0 Å². The van der Waals surface area contributed by atoms with Gasteiger partial charge in [0.2, 0.25) is 0 Å². The van der Waals surface area contributed by atoms with Crippen molar-refractivity contribution in [2.75, 3.05) is 0 Å². The van der Waals surface area contributed by atoms with Gasteiger partial charge in [0.1, 0.15) is 0 Å². The molecule has 0 atom stereocenters. The van der Waals surface area contributed by atoms with Crippen molar-refractivity contribution < 1.29 is 0 Å². The molecule has 0 aliphatic rings. The fourth-order valence-electron chi connectivity index (χ4n) is 0.589. The van der Waals surface area contributed by atoms with E-state index < -0.39 is 0 Å². The van der Waals surface area contributed by atoms with Crippen molar-refractivity contribution in [1.29, 1.82) is 0 Å². The summed E-state index contributed by atoms with van der Waals surface area (Å²) in [6, 6.07) is 10.0. The van der Waals surface area contributed by atoms with Crippen LogP contribution in [0.25, 0.3) is 6.08 Å². The van der Waals surface area contributed by atoms with Gasteiger partial charge in [0.15, 0.2) is 0 Å². The van der Waals surface area contributed by atoms with Gasteiger partial charge in [-0.1, -0.05) is 56.8 Å². The minimum atomic E-state index is 1.17. The summed E-state index contributed by atoms with van der Waals surface area (Å²) in [4.78, 5) is 0. The summed E-state index contributed by atoms with van der Waals surface area (Å²) < 4.78 is 0. The standard InChI is InChI=1S/C8H8.C2H6/c1-2-8-6-4-3-5-7-8;1-2/h2-7H,1H2;1-2H3. The average Bonchev–Trinajstić information content (AvgIpc) is 2.10. The molecule has 1 rings (SSSR count). The van der Waals surface area contributed by atoms with Crippen LogP contribution in [0.4, 0.5) is 0 Å². The monoisotopic (exact) mass is 134 g/mol. The van der Waals surface area contributed by atoms with E-state index in [1.165, 1.54) is 5.56 Å². The number of hydrogen-bond acceptors (Lipinski definition) is 0. The van der Waals surface area contributed by atoms with Crippen molar-refractivity contribution in [3.05, 3.63) is 42.5 Å². The van der Waals surface area contributed by atoms with E-state index in [0.717, 1.165) is 0 Å². The van der Waals surface area contributed by atoms with Crippen LogP contribution in [0.5, 0.6) is 0 Å². The first-order valence-electron chi connectivity index (χ1n) is 3.61. The molecule has 0 fully saturated rings. The molecule has 0 spiro atoms. The Hall–Kier alpha value is -1.04. The minimum absolute atomic E-state index is 1.17. The Kier molecular flexibility index (Phi) is 5.45. The van der Waals surface area contributed by atoms with E-state index in [1.807, 2.05) is 50.3 Å². The molecular weight excluding hydrogens is 120 g/mol. The van der Waals surface area contributed by atoms with Gasteiger partial charge in [-0.25, -0.2) is 0 Å². The number of hydrogen-bond donors (Lipinski definition) is 0. The number of rotatable bonds is 1. The van der Waals surface area contributed by atoms with E-state index >= 15 is 0 Å². The van der Waals surface area contributed by atoms with Crippen LogP contribution in [0.1, 0.15) is 19.4 Å². The van der Waals surface area contributed by atoms with Gasteiger partial charge in [0.25, 0.3) is 0 Å². The van der Waals surface area contributed by atoms with Crippen molar-refractivity contribution in [1.82, 2.24) is 0 Å².